The maximum atomic E-state index is 12.9. The Morgan fingerprint density at radius 2 is 1.22 bits per heavy atom. The summed E-state index contributed by atoms with van der Waals surface area (Å²) < 4.78 is 0. The summed E-state index contributed by atoms with van der Waals surface area (Å²) >= 11 is 0. The summed E-state index contributed by atoms with van der Waals surface area (Å²) in [6.07, 6.45) is 0.412. The lowest BCUT2D eigenvalue weighted by molar-refractivity contribution is 0.0723. The summed E-state index contributed by atoms with van der Waals surface area (Å²) in [5.74, 6) is -0.0243. The van der Waals surface area contributed by atoms with Crippen molar-refractivity contribution >= 4 is 16.6 Å². The van der Waals surface area contributed by atoms with Gasteiger partial charge in [-0.3, -0.25) is 4.79 Å². The molecule has 0 saturated carbocycles. The molecule has 1 aliphatic carbocycles. The molecule has 0 atom stereocenters. The second kappa shape index (κ2) is 5.90. The zero-order valence-corrected chi connectivity index (χ0v) is 14.7. The van der Waals surface area contributed by atoms with E-state index in [4.69, 9.17) is 0 Å². The number of benzene rings is 4. The Hall–Kier alpha value is -3.23. The van der Waals surface area contributed by atoms with Gasteiger partial charge in [0.15, 0.2) is 5.78 Å². The molecule has 0 fully saturated rings. The van der Waals surface area contributed by atoms with E-state index in [1.807, 2.05) is 66.7 Å². The topological polar surface area (TPSA) is 37.3 Å². The Labute approximate surface area is 157 Å². The summed E-state index contributed by atoms with van der Waals surface area (Å²) in [5, 5.41) is 14.2. The quantitative estimate of drug-likeness (QED) is 0.560. The van der Waals surface area contributed by atoms with E-state index in [2.05, 4.69) is 24.3 Å². The number of rotatable bonds is 2. The van der Waals surface area contributed by atoms with Gasteiger partial charge in [0.25, 0.3) is 0 Å². The lowest BCUT2D eigenvalue weighted by Crippen LogP contribution is -2.37. The third-order valence-corrected chi connectivity index (χ3v) is 5.56. The van der Waals surface area contributed by atoms with Crippen molar-refractivity contribution in [3.63, 3.8) is 0 Å². The standard InChI is InChI=1S/C25H18O2/c26-24-20-12-3-5-14-22(20)25(27,23-15-6-4-13-21(23)24)16-18-10-7-9-17-8-1-2-11-19(17)18/h1-15,27H,16H2. The Kier molecular flexibility index (Phi) is 3.49. The van der Waals surface area contributed by atoms with Crippen LogP contribution in [0.5, 0.6) is 0 Å². The number of fused-ring (bicyclic) bond motifs is 3. The van der Waals surface area contributed by atoms with Gasteiger partial charge in [-0.05, 0) is 27.5 Å². The second-order valence-electron chi connectivity index (χ2n) is 7.10. The van der Waals surface area contributed by atoms with Gasteiger partial charge in [0, 0.05) is 17.5 Å². The van der Waals surface area contributed by atoms with Crippen molar-refractivity contribution < 1.29 is 9.90 Å². The maximum Gasteiger partial charge on any atom is 0.193 e. The molecule has 2 heteroatoms. The fourth-order valence-electron chi connectivity index (χ4n) is 4.29. The van der Waals surface area contributed by atoms with Gasteiger partial charge in [0.1, 0.15) is 5.60 Å². The van der Waals surface area contributed by atoms with Crippen molar-refractivity contribution in [2.24, 2.45) is 0 Å². The number of carbonyl (C=O) groups is 1. The Bertz CT molecular complexity index is 1130. The van der Waals surface area contributed by atoms with Crippen LogP contribution in [0.25, 0.3) is 10.8 Å². The van der Waals surface area contributed by atoms with Gasteiger partial charge in [-0.1, -0.05) is 91.0 Å². The number of hydrogen-bond donors (Lipinski definition) is 1. The van der Waals surface area contributed by atoms with E-state index in [1.54, 1.807) is 0 Å². The van der Waals surface area contributed by atoms with Gasteiger partial charge in [0.05, 0.1) is 0 Å². The van der Waals surface area contributed by atoms with Gasteiger partial charge < -0.3 is 5.11 Å². The van der Waals surface area contributed by atoms with Crippen LogP contribution in [0.15, 0.2) is 91.0 Å². The van der Waals surface area contributed by atoms with Crippen molar-refractivity contribution in [2.45, 2.75) is 12.0 Å². The predicted molar refractivity (Wildman–Crippen MR) is 107 cm³/mol. The molecule has 4 aromatic carbocycles. The first-order chi connectivity index (χ1) is 13.2. The van der Waals surface area contributed by atoms with Gasteiger partial charge in [0.2, 0.25) is 0 Å². The van der Waals surface area contributed by atoms with Crippen LogP contribution < -0.4 is 0 Å². The van der Waals surface area contributed by atoms with Crippen molar-refractivity contribution in [3.8, 4) is 0 Å². The third kappa shape index (κ3) is 2.34. The number of aliphatic hydroxyl groups is 1. The van der Waals surface area contributed by atoms with Gasteiger partial charge >= 0.3 is 0 Å². The Morgan fingerprint density at radius 3 is 1.93 bits per heavy atom. The average molecular weight is 350 g/mol. The third-order valence-electron chi connectivity index (χ3n) is 5.56. The first-order valence-corrected chi connectivity index (χ1v) is 9.11. The molecular formula is C25H18O2. The fraction of sp³-hybridized carbons (Fsp3) is 0.0800. The van der Waals surface area contributed by atoms with Gasteiger partial charge in [-0.25, -0.2) is 0 Å². The molecule has 0 saturated heterocycles. The molecule has 4 aromatic rings. The molecule has 0 bridgehead atoms. The maximum absolute atomic E-state index is 12.9. The van der Waals surface area contributed by atoms with E-state index in [0.717, 1.165) is 16.3 Å². The monoisotopic (exact) mass is 350 g/mol. The molecule has 0 spiro atoms. The molecule has 27 heavy (non-hydrogen) atoms. The average Bonchev–Trinajstić information content (AvgIpc) is 2.73. The SMILES string of the molecule is O=C1c2ccccc2C(O)(Cc2cccc3ccccc23)c2ccccc21. The number of hydrogen-bond acceptors (Lipinski definition) is 2. The molecule has 0 unspecified atom stereocenters. The molecule has 0 aromatic heterocycles. The van der Waals surface area contributed by atoms with E-state index >= 15 is 0 Å². The van der Waals surface area contributed by atoms with E-state index < -0.39 is 5.60 Å². The predicted octanol–water partition coefficient (Wildman–Crippen LogP) is 4.86. The summed E-state index contributed by atoms with van der Waals surface area (Å²) in [4.78, 5) is 12.9. The minimum atomic E-state index is -1.24. The minimum absolute atomic E-state index is 0.0243. The minimum Gasteiger partial charge on any atom is -0.380 e. The summed E-state index contributed by atoms with van der Waals surface area (Å²) in [6, 6.07) is 29.2. The molecule has 1 aliphatic rings. The summed E-state index contributed by atoms with van der Waals surface area (Å²) in [7, 11) is 0. The highest BCUT2D eigenvalue weighted by Crippen LogP contribution is 2.42. The largest absolute Gasteiger partial charge is 0.380 e. The molecule has 0 radical (unpaired) electrons. The molecule has 0 aliphatic heterocycles. The highest BCUT2D eigenvalue weighted by molar-refractivity contribution is 6.13. The van der Waals surface area contributed by atoms with E-state index in [0.29, 0.717) is 28.7 Å². The van der Waals surface area contributed by atoms with Crippen LogP contribution >= 0.6 is 0 Å². The van der Waals surface area contributed by atoms with Crippen molar-refractivity contribution in [2.75, 3.05) is 0 Å². The Balaban J connectivity index is 1.76. The van der Waals surface area contributed by atoms with Gasteiger partial charge in [-0.2, -0.15) is 0 Å². The number of ketones is 1. The fourth-order valence-corrected chi connectivity index (χ4v) is 4.29. The van der Waals surface area contributed by atoms with E-state index in [-0.39, 0.29) is 5.78 Å². The van der Waals surface area contributed by atoms with Gasteiger partial charge in [-0.15, -0.1) is 0 Å². The molecule has 1 N–H and O–H groups in total. The van der Waals surface area contributed by atoms with Crippen LogP contribution in [0, 0.1) is 0 Å². The van der Waals surface area contributed by atoms with Crippen LogP contribution in [-0.2, 0) is 12.0 Å². The van der Waals surface area contributed by atoms with Crippen molar-refractivity contribution in [1.29, 1.82) is 0 Å². The summed E-state index contributed by atoms with van der Waals surface area (Å²) in [5.41, 5.74) is 2.35. The smallest absolute Gasteiger partial charge is 0.193 e. The molecule has 5 rings (SSSR count). The van der Waals surface area contributed by atoms with Crippen LogP contribution in [0.2, 0.25) is 0 Å². The first kappa shape index (κ1) is 16.0. The van der Waals surface area contributed by atoms with Crippen LogP contribution in [0.3, 0.4) is 0 Å². The summed E-state index contributed by atoms with van der Waals surface area (Å²) in [6.45, 7) is 0. The Morgan fingerprint density at radius 1 is 0.667 bits per heavy atom. The lowest BCUT2D eigenvalue weighted by atomic mass is 9.71. The lowest BCUT2D eigenvalue weighted by Gasteiger charge is -2.36. The molecular weight excluding hydrogens is 332 g/mol. The normalized spacial score (nSPS) is 14.6. The van der Waals surface area contributed by atoms with Crippen molar-refractivity contribution in [3.05, 3.63) is 119 Å². The highest BCUT2D eigenvalue weighted by Gasteiger charge is 2.42. The van der Waals surface area contributed by atoms with Crippen molar-refractivity contribution in [1.82, 2.24) is 0 Å². The molecule has 130 valence electrons. The number of carbonyl (C=O) groups excluding carboxylic acids is 1. The van der Waals surface area contributed by atoms with Crippen LogP contribution in [0.4, 0.5) is 0 Å². The molecule has 0 heterocycles. The first-order valence-electron chi connectivity index (χ1n) is 9.11. The molecule has 2 nitrogen and oxygen atoms in total. The van der Waals surface area contributed by atoms with E-state index in [1.165, 1.54) is 0 Å². The zero-order chi connectivity index (χ0) is 18.4. The van der Waals surface area contributed by atoms with Crippen LogP contribution in [0.1, 0.15) is 32.6 Å². The zero-order valence-electron chi connectivity index (χ0n) is 14.7. The second-order valence-corrected chi connectivity index (χ2v) is 7.10. The highest BCUT2D eigenvalue weighted by atomic mass is 16.3. The van der Waals surface area contributed by atoms with E-state index in [9.17, 15) is 9.90 Å². The molecule has 0 amide bonds. The van der Waals surface area contributed by atoms with Crippen LogP contribution in [-0.4, -0.2) is 10.9 Å².